The van der Waals surface area contributed by atoms with Gasteiger partial charge in [0.05, 0.1) is 46.0 Å². The lowest BCUT2D eigenvalue weighted by Crippen LogP contribution is -2.10. The third-order valence-corrected chi connectivity index (χ3v) is 14.5. The first-order valence-electron chi connectivity index (χ1n) is 24.8. The topological polar surface area (TPSA) is 44.5 Å². The predicted octanol–water partition coefficient (Wildman–Crippen LogP) is 18.7. The molecule has 74 heavy (non-hydrogen) atoms. The number of hydrogen-bond donors (Lipinski definition) is 0. The lowest BCUT2D eigenvalue weighted by molar-refractivity contribution is 1.17. The minimum Gasteiger partial charge on any atom is -0.311 e. The van der Waals surface area contributed by atoms with Crippen molar-refractivity contribution in [1.29, 1.82) is 5.26 Å². The highest BCUT2D eigenvalue weighted by molar-refractivity contribution is 6.13. The summed E-state index contributed by atoms with van der Waals surface area (Å²) in [6, 6.07) is 88.2. The number of anilines is 6. The van der Waals surface area contributed by atoms with Crippen LogP contribution in [0.15, 0.2) is 243 Å². The van der Waals surface area contributed by atoms with Gasteiger partial charge in [-0.2, -0.15) is 5.26 Å². The summed E-state index contributed by atoms with van der Waals surface area (Å²) >= 11 is 0. The van der Waals surface area contributed by atoms with Gasteiger partial charge < -0.3 is 18.9 Å². The Morgan fingerprint density at radius 2 is 0.838 bits per heavy atom. The smallest absolute Gasteiger partial charge is 0.187 e. The van der Waals surface area contributed by atoms with E-state index in [4.69, 9.17) is 6.57 Å². The van der Waals surface area contributed by atoms with E-state index in [0.717, 1.165) is 100 Å². The maximum absolute atomic E-state index is 9.83. The lowest BCUT2D eigenvalue weighted by atomic mass is 9.96. The predicted molar refractivity (Wildman–Crippen MR) is 308 cm³/mol. The Hall–Kier alpha value is -10.1. The maximum Gasteiger partial charge on any atom is 0.187 e. The molecule has 0 radical (unpaired) electrons. The van der Waals surface area contributed by atoms with Crippen LogP contribution >= 0.6 is 0 Å². The first-order valence-corrected chi connectivity index (χ1v) is 24.8. The molecule has 0 aliphatic heterocycles. The van der Waals surface area contributed by atoms with Crippen LogP contribution in [-0.4, -0.2) is 9.13 Å². The molecule has 0 amide bonds. The second-order valence-electron chi connectivity index (χ2n) is 19.0. The van der Waals surface area contributed by atoms with Crippen LogP contribution in [0.2, 0.25) is 0 Å². The van der Waals surface area contributed by atoms with Crippen molar-refractivity contribution in [1.82, 2.24) is 9.13 Å². The molecule has 348 valence electrons. The van der Waals surface area contributed by atoms with Gasteiger partial charge in [-0.3, -0.25) is 0 Å². The molecule has 0 N–H and O–H groups in total. The minimum atomic E-state index is 0.597. The molecular formula is C68H46N6. The van der Waals surface area contributed by atoms with Gasteiger partial charge in [0.25, 0.3) is 0 Å². The summed E-state index contributed by atoms with van der Waals surface area (Å²) in [5.74, 6) is 0. The highest BCUT2D eigenvalue weighted by Crippen LogP contribution is 2.45. The number of hydrogen-bond acceptors (Lipinski definition) is 3. The molecule has 0 aliphatic carbocycles. The number of benzene rings is 11. The molecule has 2 heterocycles. The van der Waals surface area contributed by atoms with Crippen LogP contribution < -0.4 is 9.80 Å². The van der Waals surface area contributed by atoms with Crippen molar-refractivity contribution in [3.05, 3.63) is 271 Å². The van der Waals surface area contributed by atoms with Gasteiger partial charge in [0.15, 0.2) is 5.69 Å². The molecule has 11 aromatic carbocycles. The van der Waals surface area contributed by atoms with E-state index >= 15 is 0 Å². The van der Waals surface area contributed by atoms with Gasteiger partial charge in [-0.15, -0.1) is 0 Å². The van der Waals surface area contributed by atoms with Gasteiger partial charge in [-0.25, -0.2) is 4.85 Å². The second-order valence-corrected chi connectivity index (χ2v) is 19.0. The molecule has 0 aliphatic rings. The molecule has 0 bridgehead atoms. The van der Waals surface area contributed by atoms with E-state index in [1.54, 1.807) is 0 Å². The van der Waals surface area contributed by atoms with Crippen LogP contribution in [0.25, 0.3) is 81.7 Å². The number of aryl methyl sites for hydroxylation is 2. The van der Waals surface area contributed by atoms with Crippen LogP contribution in [0.1, 0.15) is 16.7 Å². The SMILES string of the molecule is [C-]#[N+]c1ccc(N(c2ccc(-c3cccc4c(N(c5ccc(C#N)cc5)c5ccc6c(c5)c5ccccc5n6-c5ccc(C)cc5)cccc34)cc2)c2ccc3c(c2)c2ccccc2n3-c2ccc(C)cc2)cc1. The molecule has 13 rings (SSSR count). The van der Waals surface area contributed by atoms with E-state index < -0.39 is 0 Å². The zero-order chi connectivity index (χ0) is 49.9. The Balaban J connectivity index is 0.925. The van der Waals surface area contributed by atoms with Gasteiger partial charge in [0.2, 0.25) is 0 Å². The molecule has 0 spiro atoms. The molecular weight excluding hydrogens is 901 g/mol. The van der Waals surface area contributed by atoms with Crippen LogP contribution in [0.3, 0.4) is 0 Å². The van der Waals surface area contributed by atoms with E-state index in [2.05, 4.69) is 238 Å². The molecule has 2 aromatic heterocycles. The number of nitriles is 1. The van der Waals surface area contributed by atoms with Crippen molar-refractivity contribution in [2.24, 2.45) is 0 Å². The zero-order valence-corrected chi connectivity index (χ0v) is 40.8. The van der Waals surface area contributed by atoms with Crippen molar-refractivity contribution in [2.75, 3.05) is 9.80 Å². The minimum absolute atomic E-state index is 0.597. The third-order valence-electron chi connectivity index (χ3n) is 14.5. The van der Waals surface area contributed by atoms with Crippen LogP contribution in [-0.2, 0) is 0 Å². The van der Waals surface area contributed by atoms with E-state index in [1.165, 1.54) is 21.9 Å². The monoisotopic (exact) mass is 946 g/mol. The summed E-state index contributed by atoms with van der Waals surface area (Å²) in [6.45, 7) is 11.9. The van der Waals surface area contributed by atoms with Gasteiger partial charge in [-0.1, -0.05) is 126 Å². The van der Waals surface area contributed by atoms with E-state index in [1.807, 2.05) is 48.5 Å². The Morgan fingerprint density at radius 3 is 1.39 bits per heavy atom. The van der Waals surface area contributed by atoms with Crippen LogP contribution in [0.5, 0.6) is 0 Å². The fourth-order valence-electron chi connectivity index (χ4n) is 10.9. The summed E-state index contributed by atoms with van der Waals surface area (Å²) < 4.78 is 4.70. The summed E-state index contributed by atoms with van der Waals surface area (Å²) in [7, 11) is 0. The van der Waals surface area contributed by atoms with Crippen molar-refractivity contribution in [2.45, 2.75) is 13.8 Å². The number of aromatic nitrogens is 2. The second kappa shape index (κ2) is 17.9. The average molecular weight is 947 g/mol. The summed E-state index contributed by atoms with van der Waals surface area (Å²) in [5, 5.41) is 16.7. The molecule has 0 fully saturated rings. The van der Waals surface area contributed by atoms with E-state index in [9.17, 15) is 5.26 Å². The Bertz CT molecular complexity index is 4380. The van der Waals surface area contributed by atoms with Gasteiger partial charge in [0, 0.05) is 66.7 Å². The first-order chi connectivity index (χ1) is 36.4. The number of fused-ring (bicyclic) bond motifs is 7. The van der Waals surface area contributed by atoms with Crippen molar-refractivity contribution in [3.63, 3.8) is 0 Å². The van der Waals surface area contributed by atoms with Crippen molar-refractivity contribution < 1.29 is 0 Å². The summed E-state index contributed by atoms with van der Waals surface area (Å²) in [4.78, 5) is 8.30. The molecule has 6 heteroatoms. The standard InChI is InChI=1S/C68H46N6/c1-45-18-28-53(29-19-45)73-65-15-6-4-10-60(65)62-42-55(38-40-67(62)73)71(51-36-26-49(70-3)27-37-51)50-34-24-48(25-35-50)57-12-8-14-59-58(57)13-9-17-64(59)72(52-32-22-47(44-69)23-33-52)56-39-41-68-63(43-56)61-11-5-7-16-66(61)74(68)54-30-20-46(2)21-31-54/h4-43H,1-2H3. The Labute approximate surface area is 429 Å². The summed E-state index contributed by atoms with van der Waals surface area (Å²) in [6.07, 6.45) is 0. The van der Waals surface area contributed by atoms with Gasteiger partial charge >= 0.3 is 0 Å². The highest BCUT2D eigenvalue weighted by atomic mass is 15.2. The fraction of sp³-hybridized carbons (Fsp3) is 0.0294. The molecule has 0 atom stereocenters. The van der Waals surface area contributed by atoms with Crippen molar-refractivity contribution >= 4 is 94.2 Å². The van der Waals surface area contributed by atoms with Crippen LogP contribution in [0.4, 0.5) is 39.8 Å². The Morgan fingerprint density at radius 1 is 0.392 bits per heavy atom. The van der Waals surface area contributed by atoms with Gasteiger partial charge in [-0.05, 0) is 158 Å². The Kier molecular flexibility index (Phi) is 10.6. The van der Waals surface area contributed by atoms with Crippen molar-refractivity contribution in [3.8, 4) is 28.6 Å². The third kappa shape index (κ3) is 7.41. The average Bonchev–Trinajstić information content (AvgIpc) is 3.99. The van der Waals surface area contributed by atoms with Gasteiger partial charge in [0.1, 0.15) is 0 Å². The molecule has 6 nitrogen and oxygen atoms in total. The van der Waals surface area contributed by atoms with E-state index in [0.29, 0.717) is 11.3 Å². The first kappa shape index (κ1) is 43.8. The molecule has 0 saturated carbocycles. The van der Waals surface area contributed by atoms with E-state index in [-0.39, 0.29) is 0 Å². The zero-order valence-electron chi connectivity index (χ0n) is 40.8. The largest absolute Gasteiger partial charge is 0.311 e. The number of para-hydroxylation sites is 2. The normalized spacial score (nSPS) is 11.4. The summed E-state index contributed by atoms with van der Waals surface area (Å²) in [5.41, 5.74) is 18.7. The molecule has 0 saturated heterocycles. The number of nitrogens with zero attached hydrogens (tertiary/aromatic N) is 6. The number of rotatable bonds is 9. The molecule has 0 unspecified atom stereocenters. The maximum atomic E-state index is 9.83. The highest BCUT2D eigenvalue weighted by Gasteiger charge is 2.22. The lowest BCUT2D eigenvalue weighted by Gasteiger charge is -2.27. The fourth-order valence-corrected chi connectivity index (χ4v) is 10.9. The van der Waals surface area contributed by atoms with Crippen LogP contribution in [0, 0.1) is 31.8 Å². The molecule has 13 aromatic rings. The quantitative estimate of drug-likeness (QED) is 0.135.